The average molecular weight is 194 g/mol. The fraction of sp³-hybridized carbons (Fsp3) is 0.500. The Morgan fingerprint density at radius 3 is 2.45 bits per heavy atom. The van der Waals surface area contributed by atoms with Crippen molar-refractivity contribution >= 4 is 21.4 Å². The minimum Gasteiger partial charge on any atom is -0.466 e. The SMILES string of the molecule is COc1nsc(S(C)(=O)=O)n1. The molecule has 7 heteroatoms. The Labute approximate surface area is 68.1 Å². The fourth-order valence-electron chi connectivity index (χ4n) is 0.431. The summed E-state index contributed by atoms with van der Waals surface area (Å²) in [6.07, 6.45) is 1.08. The van der Waals surface area contributed by atoms with Crippen LogP contribution in [0.3, 0.4) is 0 Å². The highest BCUT2D eigenvalue weighted by Crippen LogP contribution is 2.14. The van der Waals surface area contributed by atoms with E-state index in [2.05, 4.69) is 14.1 Å². The molecule has 0 atom stereocenters. The van der Waals surface area contributed by atoms with Crippen LogP contribution in [0.5, 0.6) is 6.01 Å². The summed E-state index contributed by atoms with van der Waals surface area (Å²) in [6, 6.07) is 0.0930. The summed E-state index contributed by atoms with van der Waals surface area (Å²) in [5, 5.41) is 0. The van der Waals surface area contributed by atoms with Crippen LogP contribution >= 0.6 is 11.5 Å². The van der Waals surface area contributed by atoms with Crippen LogP contribution in [0.2, 0.25) is 0 Å². The van der Waals surface area contributed by atoms with E-state index in [-0.39, 0.29) is 10.4 Å². The Morgan fingerprint density at radius 1 is 1.55 bits per heavy atom. The lowest BCUT2D eigenvalue weighted by atomic mass is 11.2. The molecule has 0 aliphatic carbocycles. The second-order valence-corrected chi connectivity index (χ2v) is 4.76. The molecule has 62 valence electrons. The highest BCUT2D eigenvalue weighted by molar-refractivity contribution is 7.92. The molecule has 0 fully saturated rings. The van der Waals surface area contributed by atoms with Gasteiger partial charge in [-0.1, -0.05) is 0 Å². The van der Waals surface area contributed by atoms with E-state index < -0.39 is 9.84 Å². The maximum atomic E-state index is 10.8. The Kier molecular flexibility index (Phi) is 2.10. The second kappa shape index (κ2) is 2.74. The van der Waals surface area contributed by atoms with Crippen molar-refractivity contribution in [1.82, 2.24) is 9.36 Å². The number of hydrogen-bond donors (Lipinski definition) is 0. The van der Waals surface area contributed by atoms with Gasteiger partial charge in [-0.15, -0.1) is 4.37 Å². The lowest BCUT2D eigenvalue weighted by Gasteiger charge is -1.86. The summed E-state index contributed by atoms with van der Waals surface area (Å²) in [6.45, 7) is 0. The molecular formula is C4H6N2O3S2. The Bertz CT molecular complexity index is 342. The first-order chi connectivity index (χ1) is 5.04. The molecule has 0 radical (unpaired) electrons. The Hall–Kier alpha value is -0.690. The standard InChI is InChI=1S/C4H6N2O3S2/c1-9-3-5-4(10-6-3)11(2,7)8/h1-2H3. The van der Waals surface area contributed by atoms with Gasteiger partial charge in [0.2, 0.25) is 14.2 Å². The summed E-state index contributed by atoms with van der Waals surface area (Å²) in [7, 11) is -1.84. The predicted molar refractivity (Wildman–Crippen MR) is 39.6 cm³/mol. The monoisotopic (exact) mass is 194 g/mol. The smallest absolute Gasteiger partial charge is 0.329 e. The van der Waals surface area contributed by atoms with E-state index in [1.54, 1.807) is 0 Å². The molecule has 0 bridgehead atoms. The number of methoxy groups -OCH3 is 1. The first-order valence-electron chi connectivity index (χ1n) is 2.62. The molecule has 0 unspecified atom stereocenters. The minimum absolute atomic E-state index is 0.0191. The first kappa shape index (κ1) is 8.41. The van der Waals surface area contributed by atoms with Crippen LogP contribution in [0.4, 0.5) is 0 Å². The van der Waals surface area contributed by atoms with Gasteiger partial charge in [0.25, 0.3) is 0 Å². The zero-order chi connectivity index (χ0) is 8.48. The van der Waals surface area contributed by atoms with Gasteiger partial charge in [-0.2, -0.15) is 4.98 Å². The van der Waals surface area contributed by atoms with Gasteiger partial charge < -0.3 is 4.74 Å². The van der Waals surface area contributed by atoms with E-state index >= 15 is 0 Å². The largest absolute Gasteiger partial charge is 0.466 e. The van der Waals surface area contributed by atoms with Crippen LogP contribution in [-0.4, -0.2) is 31.1 Å². The summed E-state index contributed by atoms with van der Waals surface area (Å²) >= 11 is 0.807. The lowest BCUT2D eigenvalue weighted by Crippen LogP contribution is -1.95. The maximum absolute atomic E-state index is 10.8. The van der Waals surface area contributed by atoms with Gasteiger partial charge in [0.15, 0.2) is 0 Å². The van der Waals surface area contributed by atoms with Crippen LogP contribution in [0.15, 0.2) is 4.34 Å². The van der Waals surface area contributed by atoms with Crippen molar-refractivity contribution in [3.8, 4) is 6.01 Å². The van der Waals surface area contributed by atoms with Crippen LogP contribution < -0.4 is 4.74 Å². The van der Waals surface area contributed by atoms with Crippen LogP contribution in [0, 0.1) is 0 Å². The van der Waals surface area contributed by atoms with Crippen LogP contribution in [-0.2, 0) is 9.84 Å². The van der Waals surface area contributed by atoms with E-state index in [1.807, 2.05) is 0 Å². The zero-order valence-electron chi connectivity index (χ0n) is 5.94. The molecule has 11 heavy (non-hydrogen) atoms. The van der Waals surface area contributed by atoms with Crippen molar-refractivity contribution < 1.29 is 13.2 Å². The summed E-state index contributed by atoms with van der Waals surface area (Å²) < 4.78 is 29.9. The number of hydrogen-bond acceptors (Lipinski definition) is 6. The molecule has 1 aromatic rings. The van der Waals surface area contributed by atoms with Gasteiger partial charge >= 0.3 is 6.01 Å². The molecule has 0 aromatic carbocycles. The van der Waals surface area contributed by atoms with Gasteiger partial charge in [-0.05, 0) is 0 Å². The molecule has 0 saturated heterocycles. The van der Waals surface area contributed by atoms with E-state index in [0.717, 1.165) is 17.8 Å². The number of ether oxygens (including phenoxy) is 1. The first-order valence-corrected chi connectivity index (χ1v) is 5.28. The Morgan fingerprint density at radius 2 is 2.18 bits per heavy atom. The molecule has 5 nitrogen and oxygen atoms in total. The zero-order valence-corrected chi connectivity index (χ0v) is 7.57. The van der Waals surface area contributed by atoms with Gasteiger partial charge in [0.05, 0.1) is 7.11 Å². The molecule has 0 saturated carbocycles. The molecule has 0 N–H and O–H groups in total. The molecule has 1 rings (SSSR count). The van der Waals surface area contributed by atoms with Crippen molar-refractivity contribution in [2.24, 2.45) is 0 Å². The third-order valence-electron chi connectivity index (χ3n) is 0.889. The summed E-state index contributed by atoms with van der Waals surface area (Å²) in [5.41, 5.74) is 0. The van der Waals surface area contributed by atoms with Crippen molar-refractivity contribution in [2.45, 2.75) is 4.34 Å². The minimum atomic E-state index is -3.23. The molecule has 1 heterocycles. The van der Waals surface area contributed by atoms with E-state index in [1.165, 1.54) is 7.11 Å². The summed E-state index contributed by atoms with van der Waals surface area (Å²) in [4.78, 5) is 3.60. The second-order valence-electron chi connectivity index (χ2n) is 1.82. The number of nitrogens with zero attached hydrogens (tertiary/aromatic N) is 2. The number of aromatic nitrogens is 2. The van der Waals surface area contributed by atoms with Crippen LogP contribution in [0.25, 0.3) is 0 Å². The fourth-order valence-corrected chi connectivity index (χ4v) is 1.72. The van der Waals surface area contributed by atoms with E-state index in [9.17, 15) is 8.42 Å². The molecule has 0 aliphatic heterocycles. The Balaban J connectivity index is 3.09. The topological polar surface area (TPSA) is 69.2 Å². The van der Waals surface area contributed by atoms with Crippen molar-refractivity contribution in [3.05, 3.63) is 0 Å². The third kappa shape index (κ3) is 1.87. The highest BCUT2D eigenvalue weighted by atomic mass is 32.2. The van der Waals surface area contributed by atoms with Crippen molar-refractivity contribution in [3.63, 3.8) is 0 Å². The summed E-state index contributed by atoms with van der Waals surface area (Å²) in [5.74, 6) is 0. The van der Waals surface area contributed by atoms with Gasteiger partial charge in [0.1, 0.15) is 0 Å². The van der Waals surface area contributed by atoms with Gasteiger partial charge in [-0.3, -0.25) is 0 Å². The molecular weight excluding hydrogens is 188 g/mol. The molecule has 0 spiro atoms. The van der Waals surface area contributed by atoms with Gasteiger partial charge in [-0.25, -0.2) is 8.42 Å². The predicted octanol–water partition coefficient (Wildman–Crippen LogP) is -0.0498. The number of rotatable bonds is 2. The third-order valence-corrected chi connectivity index (χ3v) is 3.24. The molecule has 0 amide bonds. The number of sulfone groups is 1. The van der Waals surface area contributed by atoms with Crippen molar-refractivity contribution in [2.75, 3.05) is 13.4 Å². The van der Waals surface area contributed by atoms with Crippen LogP contribution in [0.1, 0.15) is 0 Å². The van der Waals surface area contributed by atoms with Crippen molar-refractivity contribution in [1.29, 1.82) is 0 Å². The lowest BCUT2D eigenvalue weighted by molar-refractivity contribution is 0.383. The van der Waals surface area contributed by atoms with Gasteiger partial charge in [0, 0.05) is 17.8 Å². The maximum Gasteiger partial charge on any atom is 0.329 e. The highest BCUT2D eigenvalue weighted by Gasteiger charge is 2.13. The molecule has 1 aromatic heterocycles. The molecule has 0 aliphatic rings. The average Bonchev–Trinajstić information content (AvgIpc) is 2.32. The van der Waals surface area contributed by atoms with E-state index in [4.69, 9.17) is 0 Å². The quantitative estimate of drug-likeness (QED) is 0.660. The van der Waals surface area contributed by atoms with E-state index in [0.29, 0.717) is 0 Å². The normalized spacial score (nSPS) is 11.5.